The lowest BCUT2D eigenvalue weighted by Gasteiger charge is -2.03. The molecule has 0 unspecified atom stereocenters. The molecule has 4 nitrogen and oxygen atoms in total. The molecule has 0 bridgehead atoms. The lowest BCUT2D eigenvalue weighted by Crippen LogP contribution is -1.90. The summed E-state index contributed by atoms with van der Waals surface area (Å²) >= 11 is 3.46. The van der Waals surface area contributed by atoms with E-state index in [1.807, 2.05) is 42.5 Å². The van der Waals surface area contributed by atoms with Gasteiger partial charge in [-0.05, 0) is 51.8 Å². The molecule has 0 amide bonds. The van der Waals surface area contributed by atoms with E-state index in [2.05, 4.69) is 26.0 Å². The number of para-hydroxylation sites is 2. The van der Waals surface area contributed by atoms with Gasteiger partial charge in [-0.1, -0.05) is 12.1 Å². The topological polar surface area (TPSA) is 39.4 Å². The lowest BCUT2D eigenvalue weighted by molar-refractivity contribution is 0.412. The first-order valence-corrected chi connectivity index (χ1v) is 6.87. The predicted molar refractivity (Wildman–Crippen MR) is 83.4 cm³/mol. The van der Waals surface area contributed by atoms with Crippen molar-refractivity contribution in [1.29, 1.82) is 0 Å². The number of rotatable bonds is 3. The van der Waals surface area contributed by atoms with Gasteiger partial charge in [-0.3, -0.25) is 0 Å². The summed E-state index contributed by atoms with van der Waals surface area (Å²) in [5, 5.41) is 4.43. The fraction of sp³-hybridized carbons (Fsp3) is 0.0667. The zero-order chi connectivity index (χ0) is 13.9. The van der Waals surface area contributed by atoms with Crippen LogP contribution in [0.2, 0.25) is 0 Å². The Hall–Kier alpha value is -2.14. The van der Waals surface area contributed by atoms with Crippen LogP contribution in [0.25, 0.3) is 11.0 Å². The van der Waals surface area contributed by atoms with Gasteiger partial charge >= 0.3 is 0 Å². The van der Waals surface area contributed by atoms with Gasteiger partial charge in [-0.2, -0.15) is 5.10 Å². The van der Waals surface area contributed by atoms with Crippen LogP contribution < -0.4 is 4.74 Å². The number of hydrogen-bond acceptors (Lipinski definition) is 3. The van der Waals surface area contributed by atoms with Crippen LogP contribution >= 0.6 is 15.9 Å². The molecule has 0 aliphatic heterocycles. The number of benzene rings is 2. The number of imidazole rings is 1. The zero-order valence-corrected chi connectivity index (χ0v) is 12.4. The van der Waals surface area contributed by atoms with Gasteiger partial charge in [-0.25, -0.2) is 9.66 Å². The molecule has 1 aromatic heterocycles. The second-order valence-corrected chi connectivity index (χ2v) is 5.07. The van der Waals surface area contributed by atoms with E-state index >= 15 is 0 Å². The Labute approximate surface area is 124 Å². The molecule has 0 saturated heterocycles. The Morgan fingerprint density at radius 1 is 1.25 bits per heavy atom. The largest absolute Gasteiger partial charge is 0.496 e. The minimum absolute atomic E-state index is 0.801. The van der Waals surface area contributed by atoms with Crippen LogP contribution in [0.3, 0.4) is 0 Å². The van der Waals surface area contributed by atoms with E-state index in [0.29, 0.717) is 0 Å². The summed E-state index contributed by atoms with van der Waals surface area (Å²) in [5.74, 6) is 0.801. The van der Waals surface area contributed by atoms with E-state index in [-0.39, 0.29) is 0 Å². The van der Waals surface area contributed by atoms with Crippen LogP contribution in [0.4, 0.5) is 0 Å². The Balaban J connectivity index is 1.92. The molecule has 3 aromatic rings. The lowest BCUT2D eigenvalue weighted by atomic mass is 10.2. The molecule has 2 aromatic carbocycles. The third kappa shape index (κ3) is 2.44. The van der Waals surface area contributed by atoms with Crippen molar-refractivity contribution >= 4 is 33.2 Å². The number of nitrogens with zero attached hydrogens (tertiary/aromatic N) is 3. The van der Waals surface area contributed by atoms with Crippen LogP contribution in [0.1, 0.15) is 5.56 Å². The summed E-state index contributed by atoms with van der Waals surface area (Å²) in [7, 11) is 1.64. The highest BCUT2D eigenvalue weighted by molar-refractivity contribution is 9.10. The summed E-state index contributed by atoms with van der Waals surface area (Å²) in [5.41, 5.74) is 2.90. The monoisotopic (exact) mass is 329 g/mol. The molecule has 0 radical (unpaired) electrons. The summed E-state index contributed by atoms with van der Waals surface area (Å²) in [6.45, 7) is 0. The highest BCUT2D eigenvalue weighted by atomic mass is 79.9. The molecule has 3 rings (SSSR count). The second-order valence-electron chi connectivity index (χ2n) is 4.22. The van der Waals surface area contributed by atoms with Crippen molar-refractivity contribution in [2.75, 3.05) is 7.11 Å². The maximum absolute atomic E-state index is 5.20. The number of methoxy groups -OCH3 is 1. The van der Waals surface area contributed by atoms with E-state index in [4.69, 9.17) is 4.74 Å². The molecule has 0 spiro atoms. The average molecular weight is 330 g/mol. The van der Waals surface area contributed by atoms with E-state index in [9.17, 15) is 0 Å². The molecule has 0 aliphatic rings. The van der Waals surface area contributed by atoms with Crippen LogP contribution in [0, 0.1) is 0 Å². The summed E-state index contributed by atoms with van der Waals surface area (Å²) in [6.07, 6.45) is 3.50. The number of aromatic nitrogens is 2. The molecular weight excluding hydrogens is 318 g/mol. The van der Waals surface area contributed by atoms with E-state index in [0.717, 1.165) is 26.8 Å². The van der Waals surface area contributed by atoms with Crippen molar-refractivity contribution < 1.29 is 4.74 Å². The third-order valence-corrected chi connectivity index (χ3v) is 3.56. The first-order chi connectivity index (χ1) is 9.78. The van der Waals surface area contributed by atoms with Crippen LogP contribution in [-0.4, -0.2) is 23.0 Å². The standard InChI is InChI=1S/C15H12BrN3O/c1-20-15-7-6-11(8-12(15)16)9-18-19-10-17-13-4-2-3-5-14(13)19/h2-10H,1H3/b18-9-. The second kappa shape index (κ2) is 5.46. The zero-order valence-electron chi connectivity index (χ0n) is 10.8. The van der Waals surface area contributed by atoms with Crippen LogP contribution in [0.5, 0.6) is 5.75 Å². The number of fused-ring (bicyclic) bond motifs is 1. The molecule has 0 fully saturated rings. The minimum atomic E-state index is 0.801. The van der Waals surface area contributed by atoms with Gasteiger partial charge in [0.15, 0.2) is 0 Å². The van der Waals surface area contributed by atoms with Crippen molar-refractivity contribution in [3.8, 4) is 5.75 Å². The fourth-order valence-electron chi connectivity index (χ4n) is 1.93. The van der Waals surface area contributed by atoms with Gasteiger partial charge < -0.3 is 4.74 Å². The normalized spacial score (nSPS) is 11.3. The van der Waals surface area contributed by atoms with Gasteiger partial charge in [0.2, 0.25) is 0 Å². The maximum atomic E-state index is 5.20. The van der Waals surface area contributed by atoms with Crippen molar-refractivity contribution in [2.24, 2.45) is 5.10 Å². The molecule has 0 saturated carbocycles. The maximum Gasteiger partial charge on any atom is 0.133 e. The SMILES string of the molecule is COc1ccc(/C=N\n2cnc3ccccc32)cc1Br. The molecule has 100 valence electrons. The third-order valence-electron chi connectivity index (χ3n) is 2.94. The molecule has 0 N–H and O–H groups in total. The van der Waals surface area contributed by atoms with Crippen molar-refractivity contribution in [3.05, 3.63) is 58.8 Å². The van der Waals surface area contributed by atoms with Crippen molar-refractivity contribution in [2.45, 2.75) is 0 Å². The fourth-order valence-corrected chi connectivity index (χ4v) is 2.49. The first kappa shape index (κ1) is 12.9. The highest BCUT2D eigenvalue weighted by Crippen LogP contribution is 2.24. The number of halogens is 1. The summed E-state index contributed by atoms with van der Waals surface area (Å²) < 4.78 is 7.86. The summed E-state index contributed by atoms with van der Waals surface area (Å²) in [6, 6.07) is 13.7. The molecule has 20 heavy (non-hydrogen) atoms. The number of hydrogen-bond donors (Lipinski definition) is 0. The van der Waals surface area contributed by atoms with E-state index < -0.39 is 0 Å². The van der Waals surface area contributed by atoms with Gasteiger partial charge in [0, 0.05) is 0 Å². The van der Waals surface area contributed by atoms with Crippen molar-refractivity contribution in [1.82, 2.24) is 9.66 Å². The van der Waals surface area contributed by atoms with E-state index in [1.54, 1.807) is 24.3 Å². The van der Waals surface area contributed by atoms with Crippen LogP contribution in [-0.2, 0) is 0 Å². The Morgan fingerprint density at radius 3 is 2.90 bits per heavy atom. The van der Waals surface area contributed by atoms with Gasteiger partial charge in [-0.15, -0.1) is 0 Å². The van der Waals surface area contributed by atoms with Gasteiger partial charge in [0.25, 0.3) is 0 Å². The number of ether oxygens (including phenoxy) is 1. The Bertz CT molecular complexity index is 780. The minimum Gasteiger partial charge on any atom is -0.496 e. The van der Waals surface area contributed by atoms with Crippen LogP contribution in [0.15, 0.2) is 58.4 Å². The average Bonchev–Trinajstić information content (AvgIpc) is 2.88. The molecule has 5 heteroatoms. The molecule has 0 atom stereocenters. The molecule has 1 heterocycles. The van der Waals surface area contributed by atoms with Crippen molar-refractivity contribution in [3.63, 3.8) is 0 Å². The molecule has 0 aliphatic carbocycles. The Morgan fingerprint density at radius 2 is 2.10 bits per heavy atom. The molecular formula is C15H12BrN3O. The summed E-state index contributed by atoms with van der Waals surface area (Å²) in [4.78, 5) is 4.30. The quantitative estimate of drug-likeness (QED) is 0.687. The Kier molecular flexibility index (Phi) is 3.52. The van der Waals surface area contributed by atoms with E-state index in [1.165, 1.54) is 0 Å². The smallest absolute Gasteiger partial charge is 0.133 e. The predicted octanol–water partition coefficient (Wildman–Crippen LogP) is 3.69. The van der Waals surface area contributed by atoms with Gasteiger partial charge in [0.1, 0.15) is 12.1 Å². The van der Waals surface area contributed by atoms with Gasteiger partial charge in [0.05, 0.1) is 28.8 Å². The first-order valence-electron chi connectivity index (χ1n) is 6.08. The highest BCUT2D eigenvalue weighted by Gasteiger charge is 2.01.